The molecule has 1 aromatic rings. The van der Waals surface area contributed by atoms with Gasteiger partial charge >= 0.3 is 12.2 Å². The van der Waals surface area contributed by atoms with Gasteiger partial charge in [-0.05, 0) is 59.2 Å². The number of alkyl carbamates (subject to hydrolysis) is 2. The number of carbonyl (C=O) groups is 2. The largest absolute Gasteiger partial charge is 0.508 e. The summed E-state index contributed by atoms with van der Waals surface area (Å²) in [5.74, 6) is -0.153. The number of aromatic hydroxyl groups is 1. The van der Waals surface area contributed by atoms with Crippen molar-refractivity contribution in [2.24, 2.45) is 4.99 Å². The molecule has 1 atom stereocenters. The molecule has 0 radical (unpaired) electrons. The van der Waals surface area contributed by atoms with Gasteiger partial charge in [-0.1, -0.05) is 12.1 Å². The van der Waals surface area contributed by atoms with Crippen molar-refractivity contribution in [2.45, 2.75) is 58.8 Å². The van der Waals surface area contributed by atoms with Crippen LogP contribution in [-0.4, -0.2) is 46.1 Å². The third kappa shape index (κ3) is 9.77. The highest BCUT2D eigenvalue weighted by Gasteiger charge is 2.21. The summed E-state index contributed by atoms with van der Waals surface area (Å²) in [6.45, 7) is 10.0. The molecule has 0 spiro atoms. The lowest BCUT2D eigenvalue weighted by Crippen LogP contribution is -2.47. The van der Waals surface area contributed by atoms with Crippen LogP contribution >= 0.6 is 0 Å². The first-order valence-electron chi connectivity index (χ1n) is 8.76. The van der Waals surface area contributed by atoms with E-state index in [4.69, 9.17) is 9.47 Å². The number of benzene rings is 1. The van der Waals surface area contributed by atoms with Gasteiger partial charge in [-0.25, -0.2) is 14.6 Å². The minimum Gasteiger partial charge on any atom is -0.508 e. The number of aliphatic imine (C=N–C) groups is 1. The number of phenolic OH excluding ortho intramolecular Hbond substituents is 1. The maximum Gasteiger partial charge on any atom is 0.414 e. The first kappa shape index (κ1) is 23.2. The summed E-state index contributed by atoms with van der Waals surface area (Å²) in [5, 5.41) is 24.2. The SMILES string of the molecule is CC(C)(C)OC(=O)NC(=NCC(O)c1ccc(O)cc1)NC(=O)OC(C)(C)C.[HH]. The average Bonchev–Trinajstić information content (AvgIpc) is 2.49. The summed E-state index contributed by atoms with van der Waals surface area (Å²) in [5.41, 5.74) is -0.977. The first-order valence-corrected chi connectivity index (χ1v) is 8.76. The van der Waals surface area contributed by atoms with Crippen molar-refractivity contribution in [1.82, 2.24) is 10.6 Å². The van der Waals surface area contributed by atoms with Crippen LogP contribution in [0.1, 0.15) is 54.6 Å². The van der Waals surface area contributed by atoms with Gasteiger partial charge in [0.2, 0.25) is 5.96 Å². The normalized spacial score (nSPS) is 12.5. The highest BCUT2D eigenvalue weighted by atomic mass is 16.6. The molecule has 1 rings (SSSR count). The predicted octanol–water partition coefficient (Wildman–Crippen LogP) is 3.08. The molecule has 9 nitrogen and oxygen atoms in total. The first-order chi connectivity index (χ1) is 12.7. The van der Waals surface area contributed by atoms with Crippen molar-refractivity contribution < 1.29 is 30.7 Å². The van der Waals surface area contributed by atoms with Gasteiger partial charge < -0.3 is 19.7 Å². The predicted molar refractivity (Wildman–Crippen MR) is 106 cm³/mol. The molecule has 0 aliphatic rings. The second kappa shape index (κ2) is 9.41. The number of nitrogens with one attached hydrogen (secondary N) is 2. The molecule has 1 aromatic carbocycles. The average molecular weight is 397 g/mol. The van der Waals surface area contributed by atoms with Gasteiger partial charge in [0, 0.05) is 1.43 Å². The minimum absolute atomic E-state index is 0. The maximum absolute atomic E-state index is 12.0. The zero-order chi connectivity index (χ0) is 21.5. The standard InChI is InChI=1S/C19H29N3O6.H2/c1-18(2,3)27-16(25)21-15(22-17(26)28-19(4,5)6)20-11-14(24)12-7-9-13(23)10-8-12;/h7-10,14,23-24H,11H2,1-6H3,(H2,20,21,22,25,26);1H. The molecular weight excluding hydrogens is 366 g/mol. The van der Waals surface area contributed by atoms with E-state index in [9.17, 15) is 19.8 Å². The lowest BCUT2D eigenvalue weighted by Gasteiger charge is -2.22. The van der Waals surface area contributed by atoms with Gasteiger partial charge in [0.05, 0.1) is 12.6 Å². The number of hydrogen-bond acceptors (Lipinski definition) is 7. The van der Waals surface area contributed by atoms with E-state index < -0.39 is 29.5 Å². The van der Waals surface area contributed by atoms with Crippen LogP contribution in [0.3, 0.4) is 0 Å². The summed E-state index contributed by atoms with van der Waals surface area (Å²) < 4.78 is 10.3. The second-order valence-corrected chi connectivity index (χ2v) is 8.05. The molecule has 0 heterocycles. The summed E-state index contributed by atoms with van der Waals surface area (Å²) in [6.07, 6.45) is -2.65. The van der Waals surface area contributed by atoms with Gasteiger partial charge in [-0.2, -0.15) is 0 Å². The highest BCUT2D eigenvalue weighted by Crippen LogP contribution is 2.17. The van der Waals surface area contributed by atoms with E-state index in [1.807, 2.05) is 0 Å². The van der Waals surface area contributed by atoms with Crippen LogP contribution in [0, 0.1) is 0 Å². The monoisotopic (exact) mass is 397 g/mol. The van der Waals surface area contributed by atoms with Crippen molar-refractivity contribution >= 4 is 18.1 Å². The van der Waals surface area contributed by atoms with Gasteiger partial charge in [-0.3, -0.25) is 10.6 Å². The van der Waals surface area contributed by atoms with E-state index >= 15 is 0 Å². The van der Waals surface area contributed by atoms with E-state index in [0.717, 1.165) is 0 Å². The van der Waals surface area contributed by atoms with E-state index in [-0.39, 0.29) is 19.7 Å². The molecule has 4 N–H and O–H groups in total. The van der Waals surface area contributed by atoms with Crippen LogP contribution in [0.2, 0.25) is 0 Å². The van der Waals surface area contributed by atoms with Gasteiger partial charge in [-0.15, -0.1) is 0 Å². The van der Waals surface area contributed by atoms with Crippen LogP contribution in [0.15, 0.2) is 29.3 Å². The Morgan fingerprint density at radius 1 is 1.00 bits per heavy atom. The van der Waals surface area contributed by atoms with Crippen LogP contribution in [0.4, 0.5) is 9.59 Å². The molecule has 9 heteroatoms. The van der Waals surface area contributed by atoms with E-state index in [0.29, 0.717) is 5.56 Å². The van der Waals surface area contributed by atoms with Gasteiger partial charge in [0.25, 0.3) is 0 Å². The zero-order valence-corrected chi connectivity index (χ0v) is 17.1. The highest BCUT2D eigenvalue weighted by molar-refractivity contribution is 6.01. The molecule has 1 unspecified atom stereocenters. The number of aliphatic hydroxyl groups is 1. The number of amides is 2. The Balaban J connectivity index is 0.00000784. The Morgan fingerprint density at radius 3 is 1.82 bits per heavy atom. The Labute approximate surface area is 166 Å². The van der Waals surface area contributed by atoms with Gasteiger partial charge in [0.15, 0.2) is 0 Å². The Morgan fingerprint density at radius 2 is 1.43 bits per heavy atom. The van der Waals surface area contributed by atoms with E-state index in [1.54, 1.807) is 41.5 Å². The van der Waals surface area contributed by atoms with Crippen LogP contribution in [0.5, 0.6) is 5.75 Å². The fourth-order valence-corrected chi connectivity index (χ4v) is 1.89. The summed E-state index contributed by atoms with van der Waals surface area (Å²) in [6, 6.07) is 5.94. The van der Waals surface area contributed by atoms with E-state index in [1.165, 1.54) is 24.3 Å². The molecular formula is C19H31N3O6. The quantitative estimate of drug-likeness (QED) is 0.458. The van der Waals surface area contributed by atoms with Crippen LogP contribution < -0.4 is 10.6 Å². The molecule has 0 aromatic heterocycles. The van der Waals surface area contributed by atoms with Crippen molar-refractivity contribution in [1.29, 1.82) is 0 Å². The number of carbonyl (C=O) groups excluding carboxylic acids is 2. The Hall–Kier alpha value is -2.81. The number of rotatable bonds is 3. The number of phenols is 1. The fourth-order valence-electron chi connectivity index (χ4n) is 1.89. The van der Waals surface area contributed by atoms with Crippen molar-refractivity contribution in [3.63, 3.8) is 0 Å². The smallest absolute Gasteiger partial charge is 0.414 e. The molecule has 0 fully saturated rings. The molecule has 0 bridgehead atoms. The maximum atomic E-state index is 12.0. The number of guanidine groups is 1. The number of aliphatic hydroxyl groups excluding tert-OH is 1. The molecule has 2 amide bonds. The Kier molecular flexibility index (Phi) is 7.80. The third-order valence-corrected chi connectivity index (χ3v) is 2.94. The van der Waals surface area contributed by atoms with Gasteiger partial charge in [0.1, 0.15) is 17.0 Å². The number of ether oxygens (including phenoxy) is 2. The minimum atomic E-state index is -1.02. The van der Waals surface area contributed by atoms with Crippen molar-refractivity contribution in [3.8, 4) is 5.75 Å². The molecule has 28 heavy (non-hydrogen) atoms. The molecule has 0 aliphatic heterocycles. The van der Waals surface area contributed by atoms with Crippen LogP contribution in [0.25, 0.3) is 0 Å². The third-order valence-electron chi connectivity index (χ3n) is 2.94. The molecule has 0 aliphatic carbocycles. The number of nitrogens with zero attached hydrogens (tertiary/aromatic N) is 1. The summed E-state index contributed by atoms with van der Waals surface area (Å²) in [4.78, 5) is 28.0. The topological polar surface area (TPSA) is 129 Å². The molecule has 0 saturated heterocycles. The van der Waals surface area contributed by atoms with Crippen LogP contribution in [-0.2, 0) is 9.47 Å². The summed E-state index contributed by atoms with van der Waals surface area (Å²) >= 11 is 0. The van der Waals surface area contributed by atoms with Crippen molar-refractivity contribution in [2.75, 3.05) is 6.54 Å². The zero-order valence-electron chi connectivity index (χ0n) is 17.1. The summed E-state index contributed by atoms with van der Waals surface area (Å²) in [7, 11) is 0. The fraction of sp³-hybridized carbons (Fsp3) is 0.526. The number of hydrogen-bond donors (Lipinski definition) is 4. The molecule has 158 valence electrons. The van der Waals surface area contributed by atoms with Crippen molar-refractivity contribution in [3.05, 3.63) is 29.8 Å². The second-order valence-electron chi connectivity index (χ2n) is 8.05. The Bertz CT molecular complexity index is 676. The lowest BCUT2D eigenvalue weighted by atomic mass is 10.1. The molecule has 0 saturated carbocycles. The van der Waals surface area contributed by atoms with E-state index in [2.05, 4.69) is 15.6 Å². The lowest BCUT2D eigenvalue weighted by molar-refractivity contribution is 0.0544.